The largest absolute Gasteiger partial charge is 0.482 e. The molecule has 0 atom stereocenters. The van der Waals surface area contributed by atoms with Crippen molar-refractivity contribution in [1.29, 1.82) is 0 Å². The summed E-state index contributed by atoms with van der Waals surface area (Å²) in [5.74, 6) is -0.0900. The first-order chi connectivity index (χ1) is 13.9. The zero-order chi connectivity index (χ0) is 21.0. The van der Waals surface area contributed by atoms with E-state index in [1.807, 2.05) is 38.1 Å². The van der Waals surface area contributed by atoms with E-state index in [0.717, 1.165) is 26.9 Å². The fourth-order valence-corrected chi connectivity index (χ4v) is 3.67. The van der Waals surface area contributed by atoms with Crippen molar-refractivity contribution >= 4 is 56.5 Å². The van der Waals surface area contributed by atoms with E-state index in [9.17, 15) is 9.59 Å². The summed E-state index contributed by atoms with van der Waals surface area (Å²) in [6, 6.07) is 11.0. The number of aryl methyl sites for hydroxylation is 2. The Morgan fingerprint density at radius 1 is 1.21 bits per heavy atom. The molecule has 0 aliphatic carbocycles. The predicted molar refractivity (Wildman–Crippen MR) is 118 cm³/mol. The Kier molecular flexibility index (Phi) is 6.76. The lowest BCUT2D eigenvalue weighted by Crippen LogP contribution is -2.19. The molecule has 0 bridgehead atoms. The van der Waals surface area contributed by atoms with Crippen molar-refractivity contribution in [2.45, 2.75) is 13.8 Å². The Bertz CT molecular complexity index is 993. The number of nitrogens with zero attached hydrogens (tertiary/aromatic N) is 1. The van der Waals surface area contributed by atoms with Crippen LogP contribution < -0.4 is 10.1 Å². The Hall–Kier alpha value is -2.58. The molecule has 3 rings (SSSR count). The van der Waals surface area contributed by atoms with Gasteiger partial charge in [-0.1, -0.05) is 28.1 Å². The number of hydrogen-bond donors (Lipinski definition) is 1. The molecule has 0 saturated carbocycles. The maximum Gasteiger partial charge on any atom is 0.343 e. The molecule has 1 N–H and O–H groups in total. The molecule has 1 fully saturated rings. The summed E-state index contributed by atoms with van der Waals surface area (Å²) < 4.78 is 10.9. The molecule has 150 valence electrons. The smallest absolute Gasteiger partial charge is 0.343 e. The van der Waals surface area contributed by atoms with Gasteiger partial charge in [0.1, 0.15) is 5.75 Å². The predicted octanol–water partition coefficient (Wildman–Crippen LogP) is 4.51. The van der Waals surface area contributed by atoms with Crippen LogP contribution in [0, 0.1) is 13.8 Å². The number of carbonyl (C=O) groups excluding carboxylic acids is 2. The second-order valence-electron chi connectivity index (χ2n) is 6.31. The molecule has 2 aromatic rings. The minimum atomic E-state index is -0.446. The van der Waals surface area contributed by atoms with Crippen LogP contribution in [0.2, 0.25) is 0 Å². The van der Waals surface area contributed by atoms with Gasteiger partial charge in [0.15, 0.2) is 11.8 Å². The van der Waals surface area contributed by atoms with Crippen LogP contribution >= 0.6 is 27.7 Å². The molecule has 1 heterocycles. The van der Waals surface area contributed by atoms with Gasteiger partial charge in [-0.05, 0) is 72.6 Å². The standard InChI is InChI=1S/C21H19BrN2O4S/c1-12-8-15(9-13(2)19(12)22)23-21-24-20(26)17(29-21)10-14-4-6-16(7-5-14)28-11-18(25)27-3/h4-10H,11H2,1-3H3,(H,23,24,26)/b17-10-. The summed E-state index contributed by atoms with van der Waals surface area (Å²) >= 11 is 4.84. The third kappa shape index (κ3) is 5.48. The van der Waals surface area contributed by atoms with Crippen molar-refractivity contribution in [1.82, 2.24) is 5.32 Å². The molecule has 2 aromatic carbocycles. The average Bonchev–Trinajstić information content (AvgIpc) is 3.03. The van der Waals surface area contributed by atoms with E-state index in [1.54, 1.807) is 18.2 Å². The normalized spacial score (nSPS) is 16.2. The van der Waals surface area contributed by atoms with E-state index in [2.05, 4.69) is 31.0 Å². The number of amidine groups is 1. The number of carbonyl (C=O) groups is 2. The third-order valence-electron chi connectivity index (χ3n) is 4.06. The van der Waals surface area contributed by atoms with Crippen LogP contribution in [0.5, 0.6) is 5.75 Å². The second kappa shape index (κ2) is 9.28. The number of esters is 1. The molecule has 0 unspecified atom stereocenters. The summed E-state index contributed by atoms with van der Waals surface area (Å²) in [5.41, 5.74) is 3.80. The third-order valence-corrected chi connectivity index (χ3v) is 6.23. The van der Waals surface area contributed by atoms with Crippen LogP contribution in [-0.2, 0) is 14.3 Å². The van der Waals surface area contributed by atoms with Crippen molar-refractivity contribution in [2.75, 3.05) is 13.7 Å². The Balaban J connectivity index is 1.71. The molecule has 29 heavy (non-hydrogen) atoms. The first kappa shape index (κ1) is 21.1. The van der Waals surface area contributed by atoms with E-state index in [4.69, 9.17) is 4.74 Å². The van der Waals surface area contributed by atoms with Gasteiger partial charge in [0.2, 0.25) is 0 Å². The molecular formula is C21H19BrN2O4S. The quantitative estimate of drug-likeness (QED) is 0.509. The van der Waals surface area contributed by atoms with Crippen LogP contribution in [0.4, 0.5) is 5.69 Å². The number of nitrogens with one attached hydrogen (secondary N) is 1. The van der Waals surface area contributed by atoms with Gasteiger partial charge in [0, 0.05) is 4.47 Å². The number of amides is 1. The van der Waals surface area contributed by atoms with E-state index in [-0.39, 0.29) is 12.5 Å². The van der Waals surface area contributed by atoms with Crippen LogP contribution in [0.25, 0.3) is 6.08 Å². The number of ether oxygens (including phenoxy) is 2. The van der Waals surface area contributed by atoms with Gasteiger partial charge < -0.3 is 14.8 Å². The molecule has 1 aliphatic rings. The Labute approximate surface area is 181 Å². The number of thioether (sulfide) groups is 1. The monoisotopic (exact) mass is 474 g/mol. The van der Waals surface area contributed by atoms with E-state index in [0.29, 0.717) is 15.8 Å². The maximum absolute atomic E-state index is 12.3. The maximum atomic E-state index is 12.3. The molecule has 8 heteroatoms. The fourth-order valence-electron chi connectivity index (χ4n) is 2.60. The Morgan fingerprint density at radius 2 is 1.86 bits per heavy atom. The number of hydrogen-bond acceptors (Lipinski definition) is 6. The SMILES string of the molecule is COC(=O)COc1ccc(/C=C2\SC(=Nc3cc(C)c(Br)c(C)c3)NC2=O)cc1. The summed E-state index contributed by atoms with van der Waals surface area (Å²) in [6.45, 7) is 3.86. The minimum Gasteiger partial charge on any atom is -0.482 e. The topological polar surface area (TPSA) is 77.0 Å². The highest BCUT2D eigenvalue weighted by Gasteiger charge is 2.23. The number of halogens is 1. The van der Waals surface area contributed by atoms with E-state index in [1.165, 1.54) is 18.9 Å². The van der Waals surface area contributed by atoms with Crippen molar-refractivity contribution in [2.24, 2.45) is 4.99 Å². The molecule has 1 aliphatic heterocycles. The fraction of sp³-hybridized carbons (Fsp3) is 0.190. The van der Waals surface area contributed by atoms with Crippen LogP contribution in [0.3, 0.4) is 0 Å². The lowest BCUT2D eigenvalue weighted by Gasteiger charge is -2.05. The minimum absolute atomic E-state index is 0.149. The highest BCUT2D eigenvalue weighted by Crippen LogP contribution is 2.31. The van der Waals surface area contributed by atoms with Crippen molar-refractivity contribution in [3.63, 3.8) is 0 Å². The average molecular weight is 475 g/mol. The highest BCUT2D eigenvalue weighted by atomic mass is 79.9. The molecular weight excluding hydrogens is 456 g/mol. The van der Waals surface area contributed by atoms with Crippen molar-refractivity contribution in [3.8, 4) is 5.75 Å². The van der Waals surface area contributed by atoms with Crippen molar-refractivity contribution in [3.05, 3.63) is 62.5 Å². The van der Waals surface area contributed by atoms with Crippen molar-refractivity contribution < 1.29 is 19.1 Å². The van der Waals surface area contributed by atoms with Gasteiger partial charge in [-0.15, -0.1) is 0 Å². The number of aliphatic imine (C=N–C) groups is 1. The van der Waals surface area contributed by atoms with E-state index >= 15 is 0 Å². The summed E-state index contributed by atoms with van der Waals surface area (Å²) in [6.07, 6.45) is 1.78. The first-order valence-electron chi connectivity index (χ1n) is 8.71. The highest BCUT2D eigenvalue weighted by molar-refractivity contribution is 9.10. The molecule has 6 nitrogen and oxygen atoms in total. The first-order valence-corrected chi connectivity index (χ1v) is 10.3. The van der Waals surface area contributed by atoms with Gasteiger partial charge in [0.05, 0.1) is 17.7 Å². The van der Waals surface area contributed by atoms with Gasteiger partial charge in [-0.3, -0.25) is 4.79 Å². The van der Waals surface area contributed by atoms with Gasteiger partial charge in [-0.2, -0.15) is 0 Å². The van der Waals surface area contributed by atoms with Crippen LogP contribution in [0.1, 0.15) is 16.7 Å². The summed E-state index contributed by atoms with van der Waals surface area (Å²) in [4.78, 5) is 28.5. The summed E-state index contributed by atoms with van der Waals surface area (Å²) in [5, 5.41) is 3.34. The molecule has 0 spiro atoms. The molecule has 1 saturated heterocycles. The van der Waals surface area contributed by atoms with Crippen LogP contribution in [0.15, 0.2) is 50.8 Å². The summed E-state index contributed by atoms with van der Waals surface area (Å²) in [7, 11) is 1.31. The Morgan fingerprint density at radius 3 is 2.48 bits per heavy atom. The van der Waals surface area contributed by atoms with Gasteiger partial charge in [-0.25, -0.2) is 9.79 Å². The van der Waals surface area contributed by atoms with E-state index < -0.39 is 5.97 Å². The van der Waals surface area contributed by atoms with Crippen LogP contribution in [-0.4, -0.2) is 30.8 Å². The second-order valence-corrected chi connectivity index (χ2v) is 8.13. The van der Waals surface area contributed by atoms with Gasteiger partial charge in [0.25, 0.3) is 5.91 Å². The number of rotatable bonds is 5. The number of benzene rings is 2. The lowest BCUT2D eigenvalue weighted by molar-refractivity contribution is -0.142. The molecule has 1 amide bonds. The molecule has 0 aromatic heterocycles. The zero-order valence-corrected chi connectivity index (χ0v) is 18.5. The molecule has 0 radical (unpaired) electrons. The zero-order valence-electron chi connectivity index (χ0n) is 16.1. The number of methoxy groups -OCH3 is 1. The van der Waals surface area contributed by atoms with Gasteiger partial charge >= 0.3 is 5.97 Å². The lowest BCUT2D eigenvalue weighted by atomic mass is 10.1.